The number of carbonyl (C=O) groups excluding carboxylic acids is 1. The van der Waals surface area contributed by atoms with Crippen molar-refractivity contribution < 1.29 is 9.53 Å². The summed E-state index contributed by atoms with van der Waals surface area (Å²) in [6, 6.07) is 0. The Bertz CT molecular complexity index is 353. The quantitative estimate of drug-likeness (QED) is 0.525. The van der Waals surface area contributed by atoms with E-state index in [-0.39, 0.29) is 6.09 Å². The smallest absolute Gasteiger partial charge is 0.410 e. The van der Waals surface area contributed by atoms with Crippen molar-refractivity contribution in [1.82, 2.24) is 14.9 Å². The van der Waals surface area contributed by atoms with Crippen LogP contribution in [0.25, 0.3) is 0 Å². The molecule has 1 aromatic heterocycles. The number of amides is 1. The fourth-order valence-electron chi connectivity index (χ4n) is 1.28. The Labute approximate surface area is 86.2 Å². The minimum absolute atomic E-state index is 0.308. The third-order valence-corrected chi connectivity index (χ3v) is 2.05. The number of nitrogen functional groups attached to an aromatic ring is 1. The van der Waals surface area contributed by atoms with Gasteiger partial charge in [-0.05, 0) is 0 Å². The molecule has 0 spiro atoms. The van der Waals surface area contributed by atoms with E-state index >= 15 is 0 Å². The number of anilines is 1. The SMILES string of the molecule is NNc1cnc(CN2CCOC2=O)cn1. The Morgan fingerprint density at radius 1 is 1.53 bits per heavy atom. The fraction of sp³-hybridized carbons (Fsp3) is 0.375. The van der Waals surface area contributed by atoms with Crippen molar-refractivity contribution >= 4 is 11.9 Å². The third-order valence-electron chi connectivity index (χ3n) is 2.05. The maximum absolute atomic E-state index is 11.1. The highest BCUT2D eigenvalue weighted by molar-refractivity contribution is 5.69. The van der Waals surface area contributed by atoms with Gasteiger partial charge in [-0.15, -0.1) is 0 Å². The van der Waals surface area contributed by atoms with Gasteiger partial charge in [0.25, 0.3) is 0 Å². The first-order valence-electron chi connectivity index (χ1n) is 4.49. The van der Waals surface area contributed by atoms with Crippen LogP contribution in [0, 0.1) is 0 Å². The molecule has 1 amide bonds. The van der Waals surface area contributed by atoms with Crippen LogP contribution in [0.15, 0.2) is 12.4 Å². The van der Waals surface area contributed by atoms with Gasteiger partial charge in [0.1, 0.15) is 6.61 Å². The van der Waals surface area contributed by atoms with E-state index in [0.717, 1.165) is 0 Å². The molecule has 15 heavy (non-hydrogen) atoms. The van der Waals surface area contributed by atoms with Crippen LogP contribution in [-0.2, 0) is 11.3 Å². The molecule has 7 heteroatoms. The van der Waals surface area contributed by atoms with Gasteiger partial charge in [-0.3, -0.25) is 9.88 Å². The second-order valence-corrected chi connectivity index (χ2v) is 3.07. The summed E-state index contributed by atoms with van der Waals surface area (Å²) >= 11 is 0. The highest BCUT2D eigenvalue weighted by Crippen LogP contribution is 2.08. The van der Waals surface area contributed by atoms with Crippen molar-refractivity contribution in [3.05, 3.63) is 18.1 Å². The molecule has 0 atom stereocenters. The highest BCUT2D eigenvalue weighted by atomic mass is 16.6. The Hall–Kier alpha value is -1.89. The summed E-state index contributed by atoms with van der Waals surface area (Å²) in [4.78, 5) is 20.8. The fourth-order valence-corrected chi connectivity index (χ4v) is 1.28. The number of carbonyl (C=O) groups is 1. The average Bonchev–Trinajstić information content (AvgIpc) is 2.66. The zero-order valence-corrected chi connectivity index (χ0v) is 8.01. The zero-order chi connectivity index (χ0) is 10.7. The largest absolute Gasteiger partial charge is 0.448 e. The van der Waals surface area contributed by atoms with Gasteiger partial charge in [0.2, 0.25) is 0 Å². The van der Waals surface area contributed by atoms with Crippen molar-refractivity contribution in [3.63, 3.8) is 0 Å². The monoisotopic (exact) mass is 209 g/mol. The molecule has 7 nitrogen and oxygen atoms in total. The number of rotatable bonds is 3. The molecule has 2 rings (SSSR count). The van der Waals surface area contributed by atoms with E-state index in [0.29, 0.717) is 31.2 Å². The van der Waals surface area contributed by atoms with Crippen LogP contribution in [0.5, 0.6) is 0 Å². The topological polar surface area (TPSA) is 93.4 Å². The molecule has 1 aliphatic heterocycles. The van der Waals surface area contributed by atoms with Crippen molar-refractivity contribution in [2.24, 2.45) is 5.84 Å². The molecule has 80 valence electrons. The number of ether oxygens (including phenoxy) is 1. The molecule has 1 fully saturated rings. The standard InChI is InChI=1S/C8H11N5O2/c9-12-7-4-10-6(3-11-7)5-13-1-2-15-8(13)14/h3-4H,1-2,5,9H2,(H,11,12). The van der Waals surface area contributed by atoms with Gasteiger partial charge in [0.05, 0.1) is 31.2 Å². The summed E-state index contributed by atoms with van der Waals surface area (Å²) in [5, 5.41) is 0. The van der Waals surface area contributed by atoms with Crippen LogP contribution >= 0.6 is 0 Å². The van der Waals surface area contributed by atoms with Gasteiger partial charge in [0, 0.05) is 0 Å². The van der Waals surface area contributed by atoms with Crippen LogP contribution in [0.1, 0.15) is 5.69 Å². The number of hydrogen-bond donors (Lipinski definition) is 2. The Morgan fingerprint density at radius 3 is 2.93 bits per heavy atom. The van der Waals surface area contributed by atoms with E-state index in [1.165, 1.54) is 6.20 Å². The van der Waals surface area contributed by atoms with Crippen LogP contribution < -0.4 is 11.3 Å². The number of nitrogens with zero attached hydrogens (tertiary/aromatic N) is 3. The molecule has 3 N–H and O–H groups in total. The van der Waals surface area contributed by atoms with E-state index in [9.17, 15) is 4.79 Å². The lowest BCUT2D eigenvalue weighted by Gasteiger charge is -2.11. The first kappa shape index (κ1) is 9.66. The third kappa shape index (κ3) is 2.13. The molecule has 1 aliphatic rings. The van der Waals surface area contributed by atoms with Gasteiger partial charge < -0.3 is 10.2 Å². The summed E-state index contributed by atoms with van der Waals surface area (Å²) in [7, 11) is 0. The number of nitrogens with two attached hydrogens (primary N) is 1. The van der Waals surface area contributed by atoms with Crippen molar-refractivity contribution in [2.45, 2.75) is 6.54 Å². The van der Waals surface area contributed by atoms with Crippen LogP contribution in [-0.4, -0.2) is 34.1 Å². The summed E-state index contributed by atoms with van der Waals surface area (Å²) in [6.07, 6.45) is 2.77. The summed E-state index contributed by atoms with van der Waals surface area (Å²) in [6.45, 7) is 1.45. The van der Waals surface area contributed by atoms with Gasteiger partial charge >= 0.3 is 6.09 Å². The first-order chi connectivity index (χ1) is 7.29. The van der Waals surface area contributed by atoms with E-state index < -0.39 is 0 Å². The normalized spacial score (nSPS) is 15.3. The molecule has 0 aliphatic carbocycles. The lowest BCUT2D eigenvalue weighted by Crippen LogP contribution is -2.24. The molecule has 1 aromatic rings. The van der Waals surface area contributed by atoms with E-state index in [1.807, 2.05) is 0 Å². The molecule has 0 aromatic carbocycles. The molecule has 1 saturated heterocycles. The van der Waals surface area contributed by atoms with E-state index in [1.54, 1.807) is 11.1 Å². The second-order valence-electron chi connectivity index (χ2n) is 3.07. The highest BCUT2D eigenvalue weighted by Gasteiger charge is 2.22. The van der Waals surface area contributed by atoms with Crippen LogP contribution in [0.2, 0.25) is 0 Å². The maximum atomic E-state index is 11.1. The number of hydrazine groups is 1. The van der Waals surface area contributed by atoms with E-state index in [2.05, 4.69) is 15.4 Å². The number of hydrogen-bond acceptors (Lipinski definition) is 6. The molecular weight excluding hydrogens is 198 g/mol. The lowest BCUT2D eigenvalue weighted by molar-refractivity contribution is 0.157. The summed E-state index contributed by atoms with van der Waals surface area (Å²) in [5.74, 6) is 5.64. The molecule has 2 heterocycles. The maximum Gasteiger partial charge on any atom is 0.410 e. The van der Waals surface area contributed by atoms with Gasteiger partial charge in [-0.25, -0.2) is 15.6 Å². The average molecular weight is 209 g/mol. The molecule has 0 radical (unpaired) electrons. The van der Waals surface area contributed by atoms with Gasteiger partial charge in [0.15, 0.2) is 5.82 Å². The number of cyclic esters (lactones) is 1. The van der Waals surface area contributed by atoms with Gasteiger partial charge in [-0.1, -0.05) is 0 Å². The zero-order valence-electron chi connectivity index (χ0n) is 8.01. The van der Waals surface area contributed by atoms with Crippen LogP contribution in [0.4, 0.5) is 10.6 Å². The molecule has 0 bridgehead atoms. The van der Waals surface area contributed by atoms with Crippen molar-refractivity contribution in [1.29, 1.82) is 0 Å². The molecule has 0 unspecified atom stereocenters. The second kappa shape index (κ2) is 4.09. The predicted octanol–water partition coefficient (Wildman–Crippen LogP) is -0.286. The Balaban J connectivity index is 2.01. The van der Waals surface area contributed by atoms with Crippen molar-refractivity contribution in [2.75, 3.05) is 18.6 Å². The number of aromatic nitrogens is 2. The first-order valence-corrected chi connectivity index (χ1v) is 4.49. The predicted molar refractivity (Wildman–Crippen MR) is 51.6 cm³/mol. The van der Waals surface area contributed by atoms with E-state index in [4.69, 9.17) is 10.6 Å². The Morgan fingerprint density at radius 2 is 2.40 bits per heavy atom. The minimum Gasteiger partial charge on any atom is -0.448 e. The summed E-state index contributed by atoms with van der Waals surface area (Å²) < 4.78 is 4.79. The molecule has 0 saturated carbocycles. The number of nitrogens with one attached hydrogen (secondary N) is 1. The Kier molecular flexibility index (Phi) is 2.64. The van der Waals surface area contributed by atoms with Crippen LogP contribution in [0.3, 0.4) is 0 Å². The van der Waals surface area contributed by atoms with Crippen molar-refractivity contribution in [3.8, 4) is 0 Å². The lowest BCUT2D eigenvalue weighted by atomic mass is 10.4. The molecular formula is C8H11N5O2. The van der Waals surface area contributed by atoms with Gasteiger partial charge in [-0.2, -0.15) is 0 Å². The summed E-state index contributed by atoms with van der Waals surface area (Å²) in [5.41, 5.74) is 3.08. The minimum atomic E-state index is -0.308.